The number of nitrogens with zero attached hydrogens (tertiary/aromatic N) is 1. The van der Waals surface area contributed by atoms with E-state index < -0.39 is 5.54 Å². The Hall–Kier alpha value is -2.82. The number of benzene rings is 1. The Morgan fingerprint density at radius 1 is 1.09 bits per heavy atom. The largest absolute Gasteiger partial charge is 0.467 e. The number of anilines is 1. The number of rotatable bonds is 7. The lowest BCUT2D eigenvalue weighted by Crippen LogP contribution is -2.60. The lowest BCUT2D eigenvalue weighted by atomic mass is 9.78. The molecule has 0 aliphatic heterocycles. The molecule has 2 fully saturated rings. The van der Waals surface area contributed by atoms with Crippen LogP contribution in [0.25, 0.3) is 0 Å². The Bertz CT molecular complexity index is 1060. The fourth-order valence-corrected chi connectivity index (χ4v) is 5.69. The van der Waals surface area contributed by atoms with Gasteiger partial charge in [0.15, 0.2) is 0 Å². The molecule has 2 aliphatic rings. The summed E-state index contributed by atoms with van der Waals surface area (Å²) in [6, 6.07) is 11.5. The van der Waals surface area contributed by atoms with Crippen molar-refractivity contribution in [1.29, 1.82) is 0 Å². The minimum atomic E-state index is -0.890. The first-order chi connectivity index (χ1) is 16.2. The van der Waals surface area contributed by atoms with Crippen molar-refractivity contribution >= 4 is 17.5 Å². The predicted molar refractivity (Wildman–Crippen MR) is 135 cm³/mol. The summed E-state index contributed by atoms with van der Waals surface area (Å²) in [5, 5.41) is 3.18. The number of aryl methyl sites for hydroxylation is 1. The van der Waals surface area contributed by atoms with Crippen molar-refractivity contribution in [2.75, 3.05) is 5.32 Å². The summed E-state index contributed by atoms with van der Waals surface area (Å²) in [6.45, 7) is 10.8. The van der Waals surface area contributed by atoms with E-state index in [0.717, 1.165) is 30.5 Å². The zero-order valence-corrected chi connectivity index (χ0v) is 21.2. The van der Waals surface area contributed by atoms with Crippen LogP contribution in [-0.2, 0) is 16.1 Å². The van der Waals surface area contributed by atoms with Crippen molar-refractivity contribution in [3.63, 3.8) is 0 Å². The Balaban J connectivity index is 1.72. The van der Waals surface area contributed by atoms with Crippen molar-refractivity contribution in [3.05, 3.63) is 65.6 Å². The highest BCUT2D eigenvalue weighted by molar-refractivity contribution is 6.01. The molecule has 1 heterocycles. The summed E-state index contributed by atoms with van der Waals surface area (Å²) in [5.74, 6) is 0.732. The first kappa shape index (κ1) is 24.3. The van der Waals surface area contributed by atoms with Crippen LogP contribution < -0.4 is 5.32 Å². The second-order valence-corrected chi connectivity index (χ2v) is 10.9. The molecule has 5 nitrogen and oxygen atoms in total. The monoisotopic (exact) mass is 462 g/mol. The van der Waals surface area contributed by atoms with Gasteiger partial charge in [-0.25, -0.2) is 0 Å². The van der Waals surface area contributed by atoms with E-state index in [1.54, 1.807) is 6.26 Å². The van der Waals surface area contributed by atoms with Gasteiger partial charge in [0.05, 0.1) is 18.7 Å². The van der Waals surface area contributed by atoms with Crippen molar-refractivity contribution in [1.82, 2.24) is 4.90 Å². The molecule has 2 saturated carbocycles. The smallest absolute Gasteiger partial charge is 0.250 e. The Labute approximate surface area is 203 Å². The van der Waals surface area contributed by atoms with Crippen LogP contribution in [0.2, 0.25) is 0 Å². The number of hydrogen-bond donors (Lipinski definition) is 1. The lowest BCUT2D eigenvalue weighted by Gasteiger charge is -2.45. The molecule has 2 aromatic rings. The van der Waals surface area contributed by atoms with E-state index in [9.17, 15) is 9.59 Å². The highest BCUT2D eigenvalue weighted by Crippen LogP contribution is 2.60. The number of nitrogens with one attached hydrogen (secondary N) is 1. The fraction of sp³-hybridized carbons (Fsp3) is 0.517. The highest BCUT2D eigenvalue weighted by Gasteiger charge is 2.63. The van der Waals surface area contributed by atoms with Crippen LogP contribution in [-0.4, -0.2) is 22.3 Å². The third-order valence-corrected chi connectivity index (χ3v) is 7.86. The molecule has 0 bridgehead atoms. The second kappa shape index (κ2) is 9.44. The maximum atomic E-state index is 14.2. The van der Waals surface area contributed by atoms with Gasteiger partial charge in [-0.2, -0.15) is 0 Å². The zero-order chi connectivity index (χ0) is 24.5. The van der Waals surface area contributed by atoms with Gasteiger partial charge in [-0.1, -0.05) is 63.0 Å². The number of para-hydroxylation sites is 1. The van der Waals surface area contributed by atoms with Gasteiger partial charge in [-0.05, 0) is 68.7 Å². The quantitative estimate of drug-likeness (QED) is 0.478. The molecule has 0 unspecified atom stereocenters. The topological polar surface area (TPSA) is 62.6 Å². The summed E-state index contributed by atoms with van der Waals surface area (Å²) >= 11 is 0. The maximum absolute atomic E-state index is 14.2. The van der Waals surface area contributed by atoms with Crippen LogP contribution in [0.15, 0.2) is 58.7 Å². The number of furan rings is 1. The van der Waals surface area contributed by atoms with Crippen LogP contribution in [0, 0.1) is 24.2 Å². The summed E-state index contributed by atoms with van der Waals surface area (Å²) in [5.41, 5.74) is 2.02. The number of allylic oxidation sites excluding steroid dienone is 2. The third-order valence-electron chi connectivity index (χ3n) is 7.86. The van der Waals surface area contributed by atoms with Crippen molar-refractivity contribution < 1.29 is 14.0 Å². The van der Waals surface area contributed by atoms with Crippen molar-refractivity contribution in [3.8, 4) is 0 Å². The molecule has 1 aromatic heterocycles. The van der Waals surface area contributed by atoms with Gasteiger partial charge in [0.25, 0.3) is 0 Å². The average molecular weight is 463 g/mol. The van der Waals surface area contributed by atoms with E-state index in [2.05, 4.69) is 39.1 Å². The van der Waals surface area contributed by atoms with Gasteiger partial charge in [-0.15, -0.1) is 0 Å². The minimum absolute atomic E-state index is 0.0609. The summed E-state index contributed by atoms with van der Waals surface area (Å²) < 4.78 is 5.67. The maximum Gasteiger partial charge on any atom is 0.250 e. The first-order valence-electron chi connectivity index (χ1n) is 12.5. The van der Waals surface area contributed by atoms with Gasteiger partial charge in [-0.3, -0.25) is 9.59 Å². The van der Waals surface area contributed by atoms with Gasteiger partial charge in [0.2, 0.25) is 11.8 Å². The highest BCUT2D eigenvalue weighted by atomic mass is 16.3. The molecule has 0 radical (unpaired) electrons. The number of hydrogen-bond acceptors (Lipinski definition) is 3. The molecule has 5 heteroatoms. The molecule has 182 valence electrons. The molecule has 4 rings (SSSR count). The minimum Gasteiger partial charge on any atom is -0.467 e. The number of amides is 2. The van der Waals surface area contributed by atoms with Gasteiger partial charge >= 0.3 is 0 Å². The van der Waals surface area contributed by atoms with Gasteiger partial charge < -0.3 is 14.6 Å². The predicted octanol–water partition coefficient (Wildman–Crippen LogP) is 6.50. The summed E-state index contributed by atoms with van der Waals surface area (Å²) in [4.78, 5) is 30.1. The first-order valence-corrected chi connectivity index (χ1v) is 12.5. The summed E-state index contributed by atoms with van der Waals surface area (Å²) in [6.07, 6.45) is 8.11. The summed E-state index contributed by atoms with van der Waals surface area (Å²) in [7, 11) is 0. The molecule has 0 saturated heterocycles. The Morgan fingerprint density at radius 2 is 1.79 bits per heavy atom. The second-order valence-electron chi connectivity index (χ2n) is 10.9. The molecule has 2 atom stereocenters. The molecule has 0 spiro atoms. The molecule has 2 amide bonds. The van der Waals surface area contributed by atoms with Crippen molar-refractivity contribution in [2.24, 2.45) is 17.3 Å². The SMILES string of the molecule is CC(C)=C[C@@H]1[C@H](C(=O)N(Cc2ccco2)C2(C(=O)Nc3ccccc3C)CCCCC2)C1(C)C. The normalized spacial score (nSPS) is 22.5. The Kier molecular flexibility index (Phi) is 6.75. The van der Waals surface area contributed by atoms with E-state index in [1.807, 2.05) is 48.2 Å². The molecule has 2 aliphatic carbocycles. The molecule has 1 N–H and O–H groups in total. The van der Waals surface area contributed by atoms with Gasteiger partial charge in [0.1, 0.15) is 11.3 Å². The van der Waals surface area contributed by atoms with E-state index >= 15 is 0 Å². The van der Waals surface area contributed by atoms with Crippen LogP contribution >= 0.6 is 0 Å². The van der Waals surface area contributed by atoms with Gasteiger partial charge in [0, 0.05) is 5.69 Å². The van der Waals surface area contributed by atoms with E-state index in [1.165, 1.54) is 5.57 Å². The van der Waals surface area contributed by atoms with Crippen LogP contribution in [0.1, 0.15) is 71.1 Å². The zero-order valence-electron chi connectivity index (χ0n) is 21.2. The van der Waals surface area contributed by atoms with E-state index in [-0.39, 0.29) is 29.1 Å². The Morgan fingerprint density at radius 3 is 2.41 bits per heavy atom. The standard InChI is InChI=1S/C29H38N2O3/c1-20(2)18-23-25(28(23,4)5)26(32)31(19-22-13-11-17-34-22)29(15-9-6-10-16-29)27(33)30-24-14-8-7-12-21(24)3/h7-8,11-14,17-18,23,25H,6,9-10,15-16,19H2,1-5H3,(H,30,33)/t23-,25-/m1/s1. The van der Waals surface area contributed by atoms with E-state index in [4.69, 9.17) is 4.42 Å². The van der Waals surface area contributed by atoms with Crippen LogP contribution in [0.5, 0.6) is 0 Å². The molecule has 34 heavy (non-hydrogen) atoms. The van der Waals surface area contributed by atoms with Crippen molar-refractivity contribution in [2.45, 2.75) is 78.8 Å². The molecular formula is C29H38N2O3. The number of carbonyl (C=O) groups is 2. The fourth-order valence-electron chi connectivity index (χ4n) is 5.69. The van der Waals surface area contributed by atoms with E-state index in [0.29, 0.717) is 25.1 Å². The molecular weight excluding hydrogens is 424 g/mol. The lowest BCUT2D eigenvalue weighted by molar-refractivity contribution is -0.151. The molecule has 1 aromatic carbocycles. The van der Waals surface area contributed by atoms with Crippen LogP contribution in [0.3, 0.4) is 0 Å². The third kappa shape index (κ3) is 4.57. The average Bonchev–Trinajstić information content (AvgIpc) is 3.13. The number of carbonyl (C=O) groups excluding carboxylic acids is 2. The van der Waals surface area contributed by atoms with Crippen LogP contribution in [0.4, 0.5) is 5.69 Å².